The Balaban J connectivity index is 2.65. The van der Waals surface area contributed by atoms with Gasteiger partial charge in [0.2, 0.25) is 0 Å². The SMILES string of the molecule is Cc1cccc2sc3cnccc3c12. The summed E-state index contributed by atoms with van der Waals surface area (Å²) in [6.45, 7) is 2.16. The zero-order chi connectivity index (χ0) is 9.54. The van der Waals surface area contributed by atoms with Gasteiger partial charge in [-0.25, -0.2) is 0 Å². The summed E-state index contributed by atoms with van der Waals surface area (Å²) in [5.74, 6) is 0. The molecule has 0 amide bonds. The lowest BCUT2D eigenvalue weighted by Crippen LogP contribution is -1.73. The molecule has 0 bridgehead atoms. The normalized spacial score (nSPS) is 11.2. The summed E-state index contributed by atoms with van der Waals surface area (Å²) in [6.07, 6.45) is 3.81. The fourth-order valence-electron chi connectivity index (χ4n) is 1.86. The molecule has 1 nitrogen and oxygen atoms in total. The number of aromatic nitrogens is 1. The molecule has 0 saturated carbocycles. The van der Waals surface area contributed by atoms with Crippen molar-refractivity contribution >= 4 is 31.5 Å². The van der Waals surface area contributed by atoms with E-state index in [-0.39, 0.29) is 0 Å². The summed E-state index contributed by atoms with van der Waals surface area (Å²) in [5.41, 5.74) is 1.35. The molecule has 1 aromatic carbocycles. The lowest BCUT2D eigenvalue weighted by molar-refractivity contribution is 1.37. The van der Waals surface area contributed by atoms with Crippen LogP contribution in [0.15, 0.2) is 36.7 Å². The maximum Gasteiger partial charge on any atom is 0.0538 e. The molecule has 0 N–H and O–H groups in total. The second kappa shape index (κ2) is 2.79. The Labute approximate surface area is 86.0 Å². The predicted octanol–water partition coefficient (Wildman–Crippen LogP) is 3.76. The van der Waals surface area contributed by atoms with Gasteiger partial charge in [0, 0.05) is 27.9 Å². The van der Waals surface area contributed by atoms with Crippen molar-refractivity contribution < 1.29 is 0 Å². The molecule has 0 unspecified atom stereocenters. The minimum atomic E-state index is 1.27. The number of hydrogen-bond donors (Lipinski definition) is 0. The third-order valence-electron chi connectivity index (χ3n) is 2.51. The maximum absolute atomic E-state index is 4.15. The van der Waals surface area contributed by atoms with E-state index in [9.17, 15) is 0 Å². The summed E-state index contributed by atoms with van der Waals surface area (Å²) >= 11 is 1.81. The Bertz CT molecular complexity index is 610. The van der Waals surface area contributed by atoms with Crippen LogP contribution >= 0.6 is 11.3 Å². The van der Waals surface area contributed by atoms with Crippen LogP contribution in [-0.4, -0.2) is 4.98 Å². The molecular weight excluding hydrogens is 190 g/mol. The molecule has 68 valence electrons. The van der Waals surface area contributed by atoms with Gasteiger partial charge in [-0.2, -0.15) is 0 Å². The van der Waals surface area contributed by atoms with Gasteiger partial charge in [0.05, 0.1) is 4.70 Å². The van der Waals surface area contributed by atoms with Crippen molar-refractivity contribution in [2.24, 2.45) is 0 Å². The zero-order valence-corrected chi connectivity index (χ0v) is 8.64. The van der Waals surface area contributed by atoms with Crippen molar-refractivity contribution in [3.05, 3.63) is 42.2 Å². The van der Waals surface area contributed by atoms with Crippen LogP contribution in [0.2, 0.25) is 0 Å². The molecule has 2 aromatic heterocycles. The first-order chi connectivity index (χ1) is 6.86. The monoisotopic (exact) mass is 199 g/mol. The Hall–Kier alpha value is -1.41. The van der Waals surface area contributed by atoms with E-state index >= 15 is 0 Å². The van der Waals surface area contributed by atoms with Crippen LogP contribution in [0.5, 0.6) is 0 Å². The van der Waals surface area contributed by atoms with Crippen LogP contribution in [0.3, 0.4) is 0 Å². The van der Waals surface area contributed by atoms with Crippen LogP contribution in [-0.2, 0) is 0 Å². The smallest absolute Gasteiger partial charge is 0.0538 e. The molecule has 0 aliphatic heterocycles. The lowest BCUT2D eigenvalue weighted by atomic mass is 10.1. The van der Waals surface area contributed by atoms with Gasteiger partial charge in [-0.05, 0) is 24.6 Å². The fraction of sp³-hybridized carbons (Fsp3) is 0.0833. The van der Waals surface area contributed by atoms with Gasteiger partial charge in [-0.1, -0.05) is 12.1 Å². The minimum absolute atomic E-state index is 1.27. The molecule has 0 fully saturated rings. The van der Waals surface area contributed by atoms with Gasteiger partial charge < -0.3 is 0 Å². The van der Waals surface area contributed by atoms with Crippen LogP contribution in [0.4, 0.5) is 0 Å². The van der Waals surface area contributed by atoms with Crippen molar-refractivity contribution in [3.8, 4) is 0 Å². The molecule has 2 heterocycles. The number of pyridine rings is 1. The number of fused-ring (bicyclic) bond motifs is 3. The van der Waals surface area contributed by atoms with E-state index in [4.69, 9.17) is 0 Å². The molecule has 0 radical (unpaired) electrons. The summed E-state index contributed by atoms with van der Waals surface area (Å²) in [7, 11) is 0. The van der Waals surface area contributed by atoms with Gasteiger partial charge in [0.1, 0.15) is 0 Å². The number of benzene rings is 1. The summed E-state index contributed by atoms with van der Waals surface area (Å²) in [5, 5.41) is 2.72. The van der Waals surface area contributed by atoms with Crippen molar-refractivity contribution in [3.63, 3.8) is 0 Å². The molecule has 14 heavy (non-hydrogen) atoms. The van der Waals surface area contributed by atoms with Gasteiger partial charge in [0.25, 0.3) is 0 Å². The molecule has 0 aliphatic carbocycles. The molecular formula is C12H9NS. The van der Waals surface area contributed by atoms with Crippen LogP contribution in [0, 0.1) is 6.92 Å². The minimum Gasteiger partial charge on any atom is -0.263 e. The highest BCUT2D eigenvalue weighted by molar-refractivity contribution is 7.25. The molecule has 3 aromatic rings. The summed E-state index contributed by atoms with van der Waals surface area (Å²) in [4.78, 5) is 4.15. The Morgan fingerprint density at radius 1 is 1.14 bits per heavy atom. The highest BCUT2D eigenvalue weighted by atomic mass is 32.1. The van der Waals surface area contributed by atoms with Gasteiger partial charge in [0.15, 0.2) is 0 Å². The first-order valence-electron chi connectivity index (χ1n) is 4.58. The largest absolute Gasteiger partial charge is 0.263 e. The number of rotatable bonds is 0. The molecule has 0 saturated heterocycles. The number of nitrogens with zero attached hydrogens (tertiary/aromatic N) is 1. The highest BCUT2D eigenvalue weighted by Gasteiger charge is 2.05. The lowest BCUT2D eigenvalue weighted by Gasteiger charge is -1.95. The predicted molar refractivity (Wildman–Crippen MR) is 61.9 cm³/mol. The quantitative estimate of drug-likeness (QED) is 0.537. The standard InChI is InChI=1S/C12H9NS/c1-8-3-2-4-10-12(8)9-5-6-13-7-11(9)14-10/h2-7H,1H3. The van der Waals surface area contributed by atoms with E-state index in [2.05, 4.69) is 36.2 Å². The van der Waals surface area contributed by atoms with Crippen LogP contribution in [0.25, 0.3) is 20.2 Å². The number of hydrogen-bond acceptors (Lipinski definition) is 2. The topological polar surface area (TPSA) is 12.9 Å². The van der Waals surface area contributed by atoms with E-state index in [0.717, 1.165) is 0 Å². The third kappa shape index (κ3) is 0.976. The summed E-state index contributed by atoms with van der Waals surface area (Å²) in [6, 6.07) is 8.55. The second-order valence-corrected chi connectivity index (χ2v) is 4.51. The van der Waals surface area contributed by atoms with Gasteiger partial charge in [-0.15, -0.1) is 11.3 Å². The van der Waals surface area contributed by atoms with Gasteiger partial charge >= 0.3 is 0 Å². The zero-order valence-electron chi connectivity index (χ0n) is 7.82. The molecule has 2 heteroatoms. The van der Waals surface area contributed by atoms with E-state index in [0.29, 0.717) is 0 Å². The molecule has 0 atom stereocenters. The average molecular weight is 199 g/mol. The van der Waals surface area contributed by atoms with E-state index in [1.165, 1.54) is 25.7 Å². The fourth-order valence-corrected chi connectivity index (χ4v) is 3.01. The van der Waals surface area contributed by atoms with Crippen molar-refractivity contribution in [2.75, 3.05) is 0 Å². The number of aryl methyl sites for hydroxylation is 1. The van der Waals surface area contributed by atoms with E-state index < -0.39 is 0 Å². The number of thiophene rings is 1. The Kier molecular flexibility index (Phi) is 1.58. The van der Waals surface area contributed by atoms with E-state index in [1.807, 2.05) is 23.7 Å². The Morgan fingerprint density at radius 3 is 3.00 bits per heavy atom. The molecule has 0 aliphatic rings. The van der Waals surface area contributed by atoms with Crippen molar-refractivity contribution in [2.45, 2.75) is 6.92 Å². The Morgan fingerprint density at radius 2 is 2.07 bits per heavy atom. The summed E-state index contributed by atoms with van der Waals surface area (Å²) < 4.78 is 2.63. The second-order valence-electron chi connectivity index (χ2n) is 3.42. The van der Waals surface area contributed by atoms with Crippen molar-refractivity contribution in [1.82, 2.24) is 4.98 Å². The van der Waals surface area contributed by atoms with Crippen LogP contribution < -0.4 is 0 Å². The maximum atomic E-state index is 4.15. The first-order valence-corrected chi connectivity index (χ1v) is 5.40. The highest BCUT2D eigenvalue weighted by Crippen LogP contribution is 2.34. The van der Waals surface area contributed by atoms with Gasteiger partial charge in [-0.3, -0.25) is 4.98 Å². The van der Waals surface area contributed by atoms with E-state index in [1.54, 1.807) is 0 Å². The van der Waals surface area contributed by atoms with Crippen molar-refractivity contribution in [1.29, 1.82) is 0 Å². The third-order valence-corrected chi connectivity index (χ3v) is 3.61. The molecule has 0 spiro atoms. The first kappa shape index (κ1) is 7.94. The van der Waals surface area contributed by atoms with Crippen LogP contribution in [0.1, 0.15) is 5.56 Å². The molecule has 3 rings (SSSR count). The average Bonchev–Trinajstić information content (AvgIpc) is 2.57.